The molecule has 7 nitrogen and oxygen atoms in total. The minimum atomic E-state index is 0. The molecule has 1 aliphatic heterocycles. The number of aryl methyl sites for hydroxylation is 1. The number of nitrogens with one attached hydrogen (secondary N) is 1. The Balaban J connectivity index is 0.00000324. The van der Waals surface area contributed by atoms with Crippen LogP contribution in [0.3, 0.4) is 0 Å². The van der Waals surface area contributed by atoms with Crippen molar-refractivity contribution in [3.63, 3.8) is 0 Å². The fraction of sp³-hybridized carbons (Fsp3) is 0.423. The van der Waals surface area contributed by atoms with Crippen molar-refractivity contribution in [3.05, 3.63) is 83.4 Å². The zero-order chi connectivity index (χ0) is 23.0. The topological polar surface area (TPSA) is 67.6 Å². The average Bonchev–Trinajstić information content (AvgIpc) is 3.44. The van der Waals surface area contributed by atoms with Crippen LogP contribution in [0.5, 0.6) is 0 Å². The highest BCUT2D eigenvalue weighted by Crippen LogP contribution is 2.19. The Bertz CT molecular complexity index is 1040. The molecule has 0 saturated carbocycles. The number of benzene rings is 2. The van der Waals surface area contributed by atoms with Crippen LogP contribution in [0.4, 0.5) is 0 Å². The predicted octanol–water partition coefficient (Wildman–Crippen LogP) is 4.49. The van der Waals surface area contributed by atoms with Crippen LogP contribution in [-0.4, -0.2) is 45.3 Å². The summed E-state index contributed by atoms with van der Waals surface area (Å²) in [7, 11) is 1.98. The summed E-state index contributed by atoms with van der Waals surface area (Å²) < 4.78 is 8.01. The lowest BCUT2D eigenvalue weighted by Gasteiger charge is -2.25. The average molecular weight is 575 g/mol. The van der Waals surface area contributed by atoms with E-state index in [2.05, 4.69) is 75.9 Å². The first-order chi connectivity index (χ1) is 16.1. The lowest BCUT2D eigenvalue weighted by atomic mass is 10.1. The third-order valence-corrected chi connectivity index (χ3v) is 6.25. The van der Waals surface area contributed by atoms with Gasteiger partial charge >= 0.3 is 0 Å². The van der Waals surface area contributed by atoms with Gasteiger partial charge in [0.15, 0.2) is 11.8 Å². The van der Waals surface area contributed by atoms with Gasteiger partial charge in [-0.1, -0.05) is 60.7 Å². The minimum Gasteiger partial charge on any atom is -0.376 e. The quantitative estimate of drug-likeness (QED) is 0.244. The lowest BCUT2D eigenvalue weighted by Crippen LogP contribution is -2.41. The fourth-order valence-corrected chi connectivity index (χ4v) is 4.07. The molecule has 8 heteroatoms. The highest BCUT2D eigenvalue weighted by Gasteiger charge is 2.26. The van der Waals surface area contributed by atoms with E-state index in [1.807, 2.05) is 30.7 Å². The number of halogens is 1. The van der Waals surface area contributed by atoms with E-state index in [9.17, 15) is 0 Å². The van der Waals surface area contributed by atoms with Crippen LogP contribution in [0.1, 0.15) is 42.2 Å². The van der Waals surface area contributed by atoms with Crippen LogP contribution >= 0.6 is 24.0 Å². The van der Waals surface area contributed by atoms with Gasteiger partial charge in [-0.2, -0.15) is 0 Å². The summed E-state index contributed by atoms with van der Waals surface area (Å²) in [6.45, 7) is 7.94. The van der Waals surface area contributed by atoms with Gasteiger partial charge < -0.3 is 19.5 Å². The second kappa shape index (κ2) is 12.9. The smallest absolute Gasteiger partial charge is 0.194 e. The van der Waals surface area contributed by atoms with Crippen LogP contribution in [0.25, 0.3) is 0 Å². The van der Waals surface area contributed by atoms with Crippen LogP contribution in [0.2, 0.25) is 0 Å². The molecule has 0 aliphatic carbocycles. The minimum absolute atomic E-state index is 0. The zero-order valence-corrected chi connectivity index (χ0v) is 22.6. The zero-order valence-electron chi connectivity index (χ0n) is 20.2. The summed E-state index contributed by atoms with van der Waals surface area (Å²) in [4.78, 5) is 7.29. The van der Waals surface area contributed by atoms with Gasteiger partial charge in [0.05, 0.1) is 19.3 Å². The van der Waals surface area contributed by atoms with Gasteiger partial charge in [0, 0.05) is 26.1 Å². The number of hydrogen-bond acceptors (Lipinski definition) is 4. The molecular formula is C26H35IN6O. The van der Waals surface area contributed by atoms with E-state index in [-0.39, 0.29) is 30.0 Å². The molecule has 0 spiro atoms. The normalized spacial score (nSPS) is 16.9. The second-order valence-corrected chi connectivity index (χ2v) is 8.74. The number of likely N-dealkylation sites (tertiary alicyclic amines) is 1. The van der Waals surface area contributed by atoms with Crippen molar-refractivity contribution in [2.75, 3.05) is 19.7 Å². The van der Waals surface area contributed by atoms with E-state index in [4.69, 9.17) is 9.73 Å². The van der Waals surface area contributed by atoms with Gasteiger partial charge in [-0.05, 0) is 31.4 Å². The molecule has 2 aromatic carbocycles. The molecular weight excluding hydrogens is 539 g/mol. The molecule has 1 aliphatic rings. The van der Waals surface area contributed by atoms with Crippen molar-refractivity contribution in [2.45, 2.75) is 39.5 Å². The molecule has 2 atom stereocenters. The Morgan fingerprint density at radius 3 is 2.50 bits per heavy atom. The van der Waals surface area contributed by atoms with Crippen molar-refractivity contribution in [1.82, 2.24) is 25.0 Å². The predicted molar refractivity (Wildman–Crippen MR) is 146 cm³/mol. The van der Waals surface area contributed by atoms with Crippen molar-refractivity contribution >= 4 is 29.9 Å². The summed E-state index contributed by atoms with van der Waals surface area (Å²) in [6.07, 6.45) is 1.10. The molecule has 1 N–H and O–H groups in total. The standard InChI is InChI=1S/C26H34N6O.HI/c1-20(24-12-8-5-9-13-24)28-26(27-16-25-30-29-21(2)31(25)3)32-15-14-23(17-32)19-33-18-22-10-6-4-7-11-22;/h4-13,20,23H,14-19H2,1-3H3,(H,27,28);1H. The number of aromatic nitrogens is 3. The van der Waals surface area contributed by atoms with Crippen molar-refractivity contribution in [1.29, 1.82) is 0 Å². The maximum Gasteiger partial charge on any atom is 0.194 e. The summed E-state index contributed by atoms with van der Waals surface area (Å²) in [5.74, 6) is 3.16. The number of nitrogens with zero attached hydrogens (tertiary/aromatic N) is 5. The van der Waals surface area contributed by atoms with Crippen molar-refractivity contribution in [3.8, 4) is 0 Å². The van der Waals surface area contributed by atoms with Crippen LogP contribution in [-0.2, 0) is 24.9 Å². The Hall–Kier alpha value is -2.46. The monoisotopic (exact) mass is 574 g/mol. The number of aliphatic imine (C=N–C) groups is 1. The van der Waals surface area contributed by atoms with Crippen molar-refractivity contribution < 1.29 is 4.74 Å². The van der Waals surface area contributed by atoms with E-state index < -0.39 is 0 Å². The van der Waals surface area contributed by atoms with Crippen molar-refractivity contribution in [2.24, 2.45) is 18.0 Å². The largest absolute Gasteiger partial charge is 0.376 e. The van der Waals surface area contributed by atoms with Crippen LogP contribution < -0.4 is 5.32 Å². The van der Waals surface area contributed by atoms with E-state index in [0.717, 1.165) is 43.7 Å². The summed E-state index contributed by atoms with van der Waals surface area (Å²) >= 11 is 0. The highest BCUT2D eigenvalue weighted by atomic mass is 127. The number of rotatable bonds is 8. The van der Waals surface area contributed by atoms with Gasteiger partial charge in [-0.15, -0.1) is 34.2 Å². The van der Waals surface area contributed by atoms with Gasteiger partial charge in [0.2, 0.25) is 0 Å². The molecule has 2 unspecified atom stereocenters. The molecule has 1 saturated heterocycles. The summed E-state index contributed by atoms with van der Waals surface area (Å²) in [5.41, 5.74) is 2.45. The SMILES string of the molecule is Cc1nnc(CN=C(NC(C)c2ccccc2)N2CCC(COCc3ccccc3)C2)n1C.I. The van der Waals surface area contributed by atoms with Crippen LogP contribution in [0, 0.1) is 12.8 Å². The Morgan fingerprint density at radius 2 is 1.82 bits per heavy atom. The first kappa shape index (κ1) is 26.2. The molecule has 34 heavy (non-hydrogen) atoms. The fourth-order valence-electron chi connectivity index (χ4n) is 4.07. The summed E-state index contributed by atoms with van der Waals surface area (Å²) in [5, 5.41) is 12.1. The highest BCUT2D eigenvalue weighted by molar-refractivity contribution is 14.0. The maximum atomic E-state index is 6.02. The van der Waals surface area contributed by atoms with E-state index >= 15 is 0 Å². The second-order valence-electron chi connectivity index (χ2n) is 8.74. The van der Waals surface area contributed by atoms with E-state index in [1.165, 1.54) is 11.1 Å². The first-order valence-electron chi connectivity index (χ1n) is 11.7. The Morgan fingerprint density at radius 1 is 1.12 bits per heavy atom. The molecule has 1 fully saturated rings. The molecule has 2 heterocycles. The van der Waals surface area contributed by atoms with Gasteiger partial charge in [0.1, 0.15) is 12.4 Å². The maximum absolute atomic E-state index is 6.02. The first-order valence-corrected chi connectivity index (χ1v) is 11.7. The number of ether oxygens (including phenoxy) is 1. The van der Waals surface area contributed by atoms with E-state index in [0.29, 0.717) is 19.1 Å². The Kier molecular flexibility index (Phi) is 9.88. The molecule has 182 valence electrons. The third kappa shape index (κ3) is 7.02. The van der Waals surface area contributed by atoms with Gasteiger partial charge in [-0.25, -0.2) is 4.99 Å². The molecule has 3 aromatic rings. The lowest BCUT2D eigenvalue weighted by molar-refractivity contribution is 0.0906. The third-order valence-electron chi connectivity index (χ3n) is 6.25. The molecule has 0 bridgehead atoms. The Labute approximate surface area is 219 Å². The number of hydrogen-bond donors (Lipinski definition) is 1. The molecule has 0 radical (unpaired) electrons. The molecule has 1 aromatic heterocycles. The summed E-state index contributed by atoms with van der Waals surface area (Å²) in [6, 6.07) is 21.0. The number of guanidine groups is 1. The van der Waals surface area contributed by atoms with Gasteiger partial charge in [0.25, 0.3) is 0 Å². The molecule has 0 amide bonds. The van der Waals surface area contributed by atoms with Crippen LogP contribution in [0.15, 0.2) is 65.7 Å². The molecule has 4 rings (SSSR count). The van der Waals surface area contributed by atoms with E-state index in [1.54, 1.807) is 0 Å². The van der Waals surface area contributed by atoms with Gasteiger partial charge in [-0.3, -0.25) is 0 Å².